The number of esters is 2. The molecule has 0 amide bonds. The van der Waals surface area contributed by atoms with Crippen molar-refractivity contribution in [3.63, 3.8) is 0 Å². The first kappa shape index (κ1) is 41.0. The van der Waals surface area contributed by atoms with Gasteiger partial charge in [-0.1, -0.05) is 110 Å². The van der Waals surface area contributed by atoms with Crippen LogP contribution in [0.4, 0.5) is 0 Å². The molecule has 1 aromatic heterocycles. The lowest BCUT2D eigenvalue weighted by Gasteiger charge is -2.43. The Bertz CT molecular complexity index is 2540. The van der Waals surface area contributed by atoms with E-state index in [9.17, 15) is 19.5 Å². The summed E-state index contributed by atoms with van der Waals surface area (Å²) >= 11 is 0. The molecule has 310 valence electrons. The highest BCUT2D eigenvalue weighted by atomic mass is 16.6. The van der Waals surface area contributed by atoms with Crippen LogP contribution in [0.1, 0.15) is 129 Å². The number of aryl methyl sites for hydroxylation is 1. The van der Waals surface area contributed by atoms with Gasteiger partial charge in [-0.3, -0.25) is 4.79 Å². The summed E-state index contributed by atoms with van der Waals surface area (Å²) in [5, 5.41) is 11.1. The molecule has 0 saturated carbocycles. The molecule has 5 aromatic rings. The lowest BCUT2D eigenvalue weighted by molar-refractivity contribution is -0.188. The van der Waals surface area contributed by atoms with Gasteiger partial charge in [-0.25, -0.2) is 9.59 Å². The molecular formula is C52H54O8. The van der Waals surface area contributed by atoms with Crippen LogP contribution in [0.15, 0.2) is 124 Å². The van der Waals surface area contributed by atoms with Gasteiger partial charge in [0.15, 0.2) is 12.2 Å². The van der Waals surface area contributed by atoms with Crippen LogP contribution >= 0.6 is 0 Å². The van der Waals surface area contributed by atoms with Gasteiger partial charge in [-0.05, 0) is 111 Å². The maximum absolute atomic E-state index is 14.7. The Morgan fingerprint density at radius 2 is 1.58 bits per heavy atom. The maximum Gasteiger partial charge on any atom is 0.340 e. The van der Waals surface area contributed by atoms with Crippen molar-refractivity contribution in [3.05, 3.63) is 169 Å². The number of aliphatic hydroxyl groups excluding tert-OH is 1. The predicted molar refractivity (Wildman–Crippen MR) is 232 cm³/mol. The Kier molecular flexibility index (Phi) is 11.4. The summed E-state index contributed by atoms with van der Waals surface area (Å²) in [6.07, 6.45) is 4.90. The molecule has 0 fully saturated rings. The second-order valence-electron chi connectivity index (χ2n) is 17.7. The number of carbonyl (C=O) groups is 2. The summed E-state index contributed by atoms with van der Waals surface area (Å²) in [5.41, 5.74) is 6.69. The molecule has 1 aliphatic carbocycles. The van der Waals surface area contributed by atoms with Gasteiger partial charge >= 0.3 is 17.6 Å². The van der Waals surface area contributed by atoms with E-state index in [2.05, 4.69) is 84.9 Å². The van der Waals surface area contributed by atoms with Gasteiger partial charge in [-0.15, -0.1) is 0 Å². The predicted octanol–water partition coefficient (Wildman–Crippen LogP) is 10.5. The van der Waals surface area contributed by atoms with E-state index in [-0.39, 0.29) is 35.7 Å². The van der Waals surface area contributed by atoms with E-state index >= 15 is 0 Å². The molecule has 4 aliphatic rings. The summed E-state index contributed by atoms with van der Waals surface area (Å²) in [5.74, 6) is -0.994. The van der Waals surface area contributed by atoms with Gasteiger partial charge in [0, 0.05) is 34.8 Å². The van der Waals surface area contributed by atoms with Crippen LogP contribution in [-0.4, -0.2) is 28.8 Å². The third-order valence-corrected chi connectivity index (χ3v) is 12.6. The Balaban J connectivity index is 1.22. The van der Waals surface area contributed by atoms with Crippen molar-refractivity contribution in [2.24, 2.45) is 5.92 Å². The third kappa shape index (κ3) is 8.10. The molecular weight excluding hydrogens is 753 g/mol. The normalized spacial score (nSPS) is 22.7. The first-order valence-corrected chi connectivity index (χ1v) is 21.2. The van der Waals surface area contributed by atoms with E-state index < -0.39 is 42.0 Å². The van der Waals surface area contributed by atoms with Gasteiger partial charge in [-0.2, -0.15) is 0 Å². The zero-order valence-electron chi connectivity index (χ0n) is 35.3. The molecule has 4 heterocycles. The fourth-order valence-electron chi connectivity index (χ4n) is 9.53. The minimum absolute atomic E-state index is 0.0518. The van der Waals surface area contributed by atoms with E-state index in [0.717, 1.165) is 23.1 Å². The number of benzene rings is 4. The number of allylic oxidation sites excluding steroid dienone is 3. The molecule has 60 heavy (non-hydrogen) atoms. The number of ether oxygens (including phenoxy) is 3. The highest BCUT2D eigenvalue weighted by Gasteiger charge is 2.51. The molecule has 8 heteroatoms. The molecule has 0 radical (unpaired) electrons. The monoisotopic (exact) mass is 806 g/mol. The SMILES string of the molecule is CC(C)=C1CCc2ccc(cc2)C2C=CC(c3cccc(Cc4ccccc4)c3)CC2CC(=O)OC2c3c(ccc4c(CO)c(C(C)C)c(=O)oc34)OC(C)(C)C2OC1=O. The van der Waals surface area contributed by atoms with Crippen LogP contribution in [0.5, 0.6) is 5.75 Å². The number of carbonyl (C=O) groups excluding carboxylic acids is 2. The summed E-state index contributed by atoms with van der Waals surface area (Å²) in [7, 11) is 0. The average molecular weight is 807 g/mol. The van der Waals surface area contributed by atoms with Crippen LogP contribution in [-0.2, 0) is 38.5 Å². The van der Waals surface area contributed by atoms with Crippen molar-refractivity contribution in [1.29, 1.82) is 0 Å². The minimum atomic E-state index is -1.20. The molecule has 0 spiro atoms. The molecule has 3 aliphatic heterocycles. The third-order valence-electron chi connectivity index (χ3n) is 12.6. The van der Waals surface area contributed by atoms with E-state index in [1.165, 1.54) is 16.7 Å². The maximum atomic E-state index is 14.7. The van der Waals surface area contributed by atoms with Crippen molar-refractivity contribution in [1.82, 2.24) is 0 Å². The van der Waals surface area contributed by atoms with Crippen LogP contribution < -0.4 is 10.4 Å². The quantitative estimate of drug-likeness (QED) is 0.0809. The van der Waals surface area contributed by atoms with Gasteiger partial charge in [0.25, 0.3) is 0 Å². The van der Waals surface area contributed by atoms with Crippen molar-refractivity contribution < 1.29 is 33.3 Å². The molecule has 1 N–H and O–H groups in total. The number of hydrogen-bond acceptors (Lipinski definition) is 8. The summed E-state index contributed by atoms with van der Waals surface area (Å²) in [6.45, 7) is 10.7. The highest BCUT2D eigenvalue weighted by molar-refractivity contribution is 5.90. The van der Waals surface area contributed by atoms with Gasteiger partial charge in [0.1, 0.15) is 16.9 Å². The van der Waals surface area contributed by atoms with Crippen molar-refractivity contribution in [2.75, 3.05) is 0 Å². The van der Waals surface area contributed by atoms with Gasteiger partial charge in [0.2, 0.25) is 0 Å². The molecule has 8 nitrogen and oxygen atoms in total. The van der Waals surface area contributed by atoms with Gasteiger partial charge in [0.05, 0.1) is 12.2 Å². The summed E-state index contributed by atoms with van der Waals surface area (Å²) in [4.78, 5) is 42.6. The Morgan fingerprint density at radius 3 is 2.30 bits per heavy atom. The van der Waals surface area contributed by atoms with Gasteiger partial charge < -0.3 is 23.7 Å². The number of aliphatic hydroxyl groups is 1. The van der Waals surface area contributed by atoms with Crippen molar-refractivity contribution in [2.45, 2.75) is 116 Å². The zero-order valence-corrected chi connectivity index (χ0v) is 35.3. The van der Waals surface area contributed by atoms with Crippen LogP contribution in [0, 0.1) is 5.92 Å². The van der Waals surface area contributed by atoms with Crippen molar-refractivity contribution in [3.8, 4) is 5.75 Å². The van der Waals surface area contributed by atoms with E-state index in [1.807, 2.05) is 33.8 Å². The molecule has 9 rings (SSSR count). The largest absolute Gasteiger partial charge is 0.483 e. The lowest BCUT2D eigenvalue weighted by Crippen LogP contribution is -2.52. The molecule has 2 bridgehead atoms. The standard InChI is InChI=1S/C52H54O8/c1-30(2)39-21-17-32-15-18-35(19-16-32)40-22-20-37(36-14-10-13-34(26-36)25-33-11-8-7-9-12-33)27-38(40)28-44(54)57-48-46-43(60-52(5,6)49(48)59-50(39)55)24-23-41-42(29-53)45(31(3)4)51(56)58-47(41)46/h7-16,18-20,22-24,26,31,37-38,40,48-49,53H,17,21,25,27-29H2,1-6H3. The number of hydrogen-bond donors (Lipinski definition) is 1. The zero-order chi connectivity index (χ0) is 42.3. The topological polar surface area (TPSA) is 112 Å². The molecule has 0 saturated heterocycles. The second kappa shape index (κ2) is 16.7. The number of fused-ring (bicyclic) bond motifs is 11. The van der Waals surface area contributed by atoms with Crippen LogP contribution in [0.3, 0.4) is 0 Å². The lowest BCUT2D eigenvalue weighted by atomic mass is 9.72. The van der Waals surface area contributed by atoms with Crippen molar-refractivity contribution >= 4 is 22.9 Å². The first-order chi connectivity index (χ1) is 28.8. The molecule has 5 unspecified atom stereocenters. The fraction of sp³-hybridized carbons (Fsp3) is 0.365. The van der Waals surface area contributed by atoms with E-state index in [4.69, 9.17) is 18.6 Å². The fourth-order valence-corrected chi connectivity index (χ4v) is 9.53. The van der Waals surface area contributed by atoms with E-state index in [1.54, 1.807) is 26.0 Å². The van der Waals surface area contributed by atoms with E-state index in [0.29, 0.717) is 52.7 Å². The summed E-state index contributed by atoms with van der Waals surface area (Å²) in [6, 6.07) is 31.2. The highest BCUT2D eigenvalue weighted by Crippen LogP contribution is 2.49. The average Bonchev–Trinajstić information content (AvgIpc) is 3.21. The minimum Gasteiger partial charge on any atom is -0.483 e. The molecule has 4 aromatic carbocycles. The Morgan fingerprint density at radius 1 is 0.833 bits per heavy atom. The molecule has 5 atom stereocenters. The first-order valence-electron chi connectivity index (χ1n) is 21.2. The second-order valence-corrected chi connectivity index (χ2v) is 17.7. The summed E-state index contributed by atoms with van der Waals surface area (Å²) < 4.78 is 25.7. The smallest absolute Gasteiger partial charge is 0.340 e. The van der Waals surface area contributed by atoms with Crippen LogP contribution in [0.25, 0.3) is 11.0 Å². The Hall–Kier alpha value is -5.73. The van der Waals surface area contributed by atoms with Crippen LogP contribution in [0.2, 0.25) is 0 Å². The number of rotatable bonds is 5. The Labute approximate surface area is 351 Å².